The van der Waals surface area contributed by atoms with Crippen molar-refractivity contribution in [2.75, 3.05) is 59.6 Å². The van der Waals surface area contributed by atoms with Crippen LogP contribution in [0.4, 0.5) is 0 Å². The first-order valence-electron chi connectivity index (χ1n) is 11.3. The molecule has 3 heterocycles. The Hall–Kier alpha value is -2.38. The van der Waals surface area contributed by atoms with Gasteiger partial charge in [0.05, 0.1) is 19.8 Å². The minimum atomic E-state index is 0.150. The van der Waals surface area contributed by atoms with Crippen molar-refractivity contribution in [3.05, 3.63) is 42.0 Å². The van der Waals surface area contributed by atoms with Crippen molar-refractivity contribution in [1.82, 2.24) is 14.7 Å². The standard InChI is InChI=1S/C24H33N3O4/c1-25-16-21-5-2-3-7-22(21)31-12-4-6-20-17-27(24(29)18-25)9-8-19(20)15-23(28)26-10-13-30-14-11-26/h2-7,19-20H,8-18H2,1H3/b6-4+/t19-,20-/m0/s1. The second kappa shape index (κ2) is 10.3. The second-order valence-corrected chi connectivity index (χ2v) is 8.77. The summed E-state index contributed by atoms with van der Waals surface area (Å²) >= 11 is 0. The Morgan fingerprint density at radius 1 is 1.13 bits per heavy atom. The molecule has 3 aliphatic rings. The summed E-state index contributed by atoms with van der Waals surface area (Å²) < 4.78 is 11.4. The van der Waals surface area contributed by atoms with Gasteiger partial charge in [0.15, 0.2) is 0 Å². The Bertz CT molecular complexity index is 806. The number of para-hydroxylation sites is 1. The number of likely N-dealkylation sites (N-methyl/N-ethyl adjacent to an activating group) is 1. The van der Waals surface area contributed by atoms with E-state index >= 15 is 0 Å². The van der Waals surface area contributed by atoms with Crippen molar-refractivity contribution in [2.24, 2.45) is 11.8 Å². The Labute approximate surface area is 184 Å². The van der Waals surface area contributed by atoms with Gasteiger partial charge in [-0.1, -0.05) is 30.4 Å². The topological polar surface area (TPSA) is 62.3 Å². The molecule has 0 aliphatic carbocycles. The molecule has 0 unspecified atom stereocenters. The fourth-order valence-electron chi connectivity index (χ4n) is 4.72. The monoisotopic (exact) mass is 427 g/mol. The lowest BCUT2D eigenvalue weighted by molar-refractivity contribution is -0.138. The molecule has 2 amide bonds. The second-order valence-electron chi connectivity index (χ2n) is 8.77. The quantitative estimate of drug-likeness (QED) is 0.674. The summed E-state index contributed by atoms with van der Waals surface area (Å²) in [6.45, 7) is 5.49. The fourth-order valence-corrected chi connectivity index (χ4v) is 4.72. The van der Waals surface area contributed by atoms with Crippen molar-refractivity contribution >= 4 is 11.8 Å². The van der Waals surface area contributed by atoms with Gasteiger partial charge in [-0.05, 0) is 31.4 Å². The van der Waals surface area contributed by atoms with E-state index in [4.69, 9.17) is 9.47 Å². The highest BCUT2D eigenvalue weighted by molar-refractivity contribution is 5.79. The summed E-state index contributed by atoms with van der Waals surface area (Å²) in [6.07, 6.45) is 5.58. The first kappa shape index (κ1) is 21.8. The molecule has 0 radical (unpaired) electrons. The zero-order valence-electron chi connectivity index (χ0n) is 18.4. The maximum atomic E-state index is 13.0. The zero-order valence-corrected chi connectivity index (χ0v) is 18.4. The Morgan fingerprint density at radius 2 is 1.94 bits per heavy atom. The number of morpholine rings is 1. The molecule has 0 spiro atoms. The predicted octanol–water partition coefficient (Wildman–Crippen LogP) is 1.78. The van der Waals surface area contributed by atoms with Crippen LogP contribution in [-0.2, 0) is 20.9 Å². The smallest absolute Gasteiger partial charge is 0.236 e. The molecule has 168 valence electrons. The van der Waals surface area contributed by atoms with Gasteiger partial charge in [0, 0.05) is 44.7 Å². The third kappa shape index (κ3) is 5.66. The van der Waals surface area contributed by atoms with E-state index in [1.165, 1.54) is 0 Å². The van der Waals surface area contributed by atoms with Gasteiger partial charge < -0.3 is 19.3 Å². The van der Waals surface area contributed by atoms with E-state index in [9.17, 15) is 9.59 Å². The van der Waals surface area contributed by atoms with E-state index in [1.807, 2.05) is 52.1 Å². The SMILES string of the molecule is CN1CC(=O)N2CC[C@@H](CC(=O)N3CCOCC3)[C@@H](/C=C/COc3ccccc3C1)C2. The van der Waals surface area contributed by atoms with Crippen LogP contribution in [-0.4, -0.2) is 86.1 Å². The van der Waals surface area contributed by atoms with E-state index in [0.717, 1.165) is 17.7 Å². The summed E-state index contributed by atoms with van der Waals surface area (Å²) in [5.74, 6) is 1.61. The number of benzene rings is 1. The summed E-state index contributed by atoms with van der Waals surface area (Å²) in [5, 5.41) is 0. The molecule has 0 saturated carbocycles. The first-order chi connectivity index (χ1) is 15.1. The number of carbonyl (C=O) groups is 2. The van der Waals surface area contributed by atoms with Gasteiger partial charge in [-0.15, -0.1) is 0 Å². The molecule has 7 heteroatoms. The molecule has 2 bridgehead atoms. The molecule has 2 fully saturated rings. The van der Waals surface area contributed by atoms with Crippen molar-refractivity contribution in [1.29, 1.82) is 0 Å². The molecule has 0 aromatic heterocycles. The van der Waals surface area contributed by atoms with Crippen LogP contribution in [0.15, 0.2) is 36.4 Å². The number of carbonyl (C=O) groups excluding carboxylic acids is 2. The van der Waals surface area contributed by atoms with Crippen molar-refractivity contribution < 1.29 is 19.1 Å². The lowest BCUT2D eigenvalue weighted by Crippen LogP contribution is -2.48. The van der Waals surface area contributed by atoms with Crippen molar-refractivity contribution in [2.45, 2.75) is 19.4 Å². The summed E-state index contributed by atoms with van der Waals surface area (Å²) in [4.78, 5) is 31.7. The van der Waals surface area contributed by atoms with Crippen LogP contribution in [0.5, 0.6) is 5.75 Å². The number of fused-ring (bicyclic) bond motifs is 3. The molecule has 1 aromatic rings. The Kier molecular flexibility index (Phi) is 7.25. The molecule has 2 atom stereocenters. The van der Waals surface area contributed by atoms with Gasteiger partial charge in [0.2, 0.25) is 11.8 Å². The number of hydrogen-bond donors (Lipinski definition) is 0. The summed E-state index contributed by atoms with van der Waals surface area (Å²) in [7, 11) is 1.97. The van der Waals surface area contributed by atoms with Gasteiger partial charge in [0.25, 0.3) is 0 Å². The minimum Gasteiger partial charge on any atom is -0.489 e. The number of rotatable bonds is 2. The number of amides is 2. The Balaban J connectivity index is 1.48. The third-order valence-corrected chi connectivity index (χ3v) is 6.50. The molecule has 0 N–H and O–H groups in total. The van der Waals surface area contributed by atoms with Crippen LogP contribution in [0.3, 0.4) is 0 Å². The lowest BCUT2D eigenvalue weighted by Gasteiger charge is -2.38. The molecule has 1 aromatic carbocycles. The largest absolute Gasteiger partial charge is 0.489 e. The van der Waals surface area contributed by atoms with Gasteiger partial charge in [-0.3, -0.25) is 14.5 Å². The number of ether oxygens (including phenoxy) is 2. The number of piperidine rings is 1. The molecule has 3 aliphatic heterocycles. The van der Waals surface area contributed by atoms with Crippen LogP contribution in [0.25, 0.3) is 0 Å². The Morgan fingerprint density at radius 3 is 2.77 bits per heavy atom. The van der Waals surface area contributed by atoms with Gasteiger partial charge in [-0.2, -0.15) is 0 Å². The molecule has 7 nitrogen and oxygen atoms in total. The highest BCUT2D eigenvalue weighted by Gasteiger charge is 2.33. The molecular formula is C24H33N3O4. The fraction of sp³-hybridized carbons (Fsp3) is 0.583. The maximum Gasteiger partial charge on any atom is 0.236 e. The minimum absolute atomic E-state index is 0.150. The van der Waals surface area contributed by atoms with Crippen LogP contribution in [0.1, 0.15) is 18.4 Å². The normalized spacial score (nSPS) is 26.7. The molecular weight excluding hydrogens is 394 g/mol. The third-order valence-electron chi connectivity index (χ3n) is 6.50. The van der Waals surface area contributed by atoms with E-state index in [2.05, 4.69) is 6.08 Å². The van der Waals surface area contributed by atoms with Gasteiger partial charge >= 0.3 is 0 Å². The van der Waals surface area contributed by atoms with Crippen molar-refractivity contribution in [3.63, 3.8) is 0 Å². The van der Waals surface area contributed by atoms with Gasteiger partial charge in [0.1, 0.15) is 12.4 Å². The van der Waals surface area contributed by atoms with E-state index < -0.39 is 0 Å². The van der Waals surface area contributed by atoms with Gasteiger partial charge in [-0.25, -0.2) is 0 Å². The lowest BCUT2D eigenvalue weighted by atomic mass is 9.82. The zero-order chi connectivity index (χ0) is 21.6. The van der Waals surface area contributed by atoms with Crippen LogP contribution in [0.2, 0.25) is 0 Å². The van der Waals surface area contributed by atoms with Crippen LogP contribution in [0, 0.1) is 11.8 Å². The highest BCUT2D eigenvalue weighted by atomic mass is 16.5. The van der Waals surface area contributed by atoms with Crippen molar-refractivity contribution in [3.8, 4) is 5.75 Å². The van der Waals surface area contributed by atoms with E-state index in [-0.39, 0.29) is 23.7 Å². The summed E-state index contributed by atoms with van der Waals surface area (Å²) in [5.41, 5.74) is 1.08. The molecule has 4 rings (SSSR count). The molecule has 2 saturated heterocycles. The summed E-state index contributed by atoms with van der Waals surface area (Å²) in [6, 6.07) is 7.99. The molecule has 31 heavy (non-hydrogen) atoms. The van der Waals surface area contributed by atoms with Crippen LogP contribution < -0.4 is 4.74 Å². The average Bonchev–Trinajstić information content (AvgIpc) is 2.79. The van der Waals surface area contributed by atoms with E-state index in [1.54, 1.807) is 0 Å². The average molecular weight is 428 g/mol. The predicted molar refractivity (Wildman–Crippen MR) is 118 cm³/mol. The number of hydrogen-bond acceptors (Lipinski definition) is 5. The number of nitrogens with zero attached hydrogens (tertiary/aromatic N) is 3. The van der Waals surface area contributed by atoms with Crippen LogP contribution >= 0.6 is 0 Å². The highest BCUT2D eigenvalue weighted by Crippen LogP contribution is 2.29. The van der Waals surface area contributed by atoms with E-state index in [0.29, 0.717) is 65.5 Å². The maximum absolute atomic E-state index is 13.0. The first-order valence-corrected chi connectivity index (χ1v) is 11.3.